The lowest BCUT2D eigenvalue weighted by Crippen LogP contribution is -2.17. The molecule has 18 heavy (non-hydrogen) atoms. The second-order valence-corrected chi connectivity index (χ2v) is 4.90. The van der Waals surface area contributed by atoms with Crippen molar-refractivity contribution in [2.75, 3.05) is 0 Å². The molecule has 1 aromatic carbocycles. The molecule has 0 spiro atoms. The van der Waals surface area contributed by atoms with Crippen molar-refractivity contribution in [2.24, 2.45) is 0 Å². The van der Waals surface area contributed by atoms with Crippen LogP contribution in [-0.2, 0) is 0 Å². The van der Waals surface area contributed by atoms with Crippen molar-refractivity contribution in [3.63, 3.8) is 0 Å². The van der Waals surface area contributed by atoms with Crippen molar-refractivity contribution >= 4 is 5.78 Å². The number of ketones is 1. The van der Waals surface area contributed by atoms with Gasteiger partial charge in [-0.1, -0.05) is 18.9 Å². The maximum Gasteiger partial charge on any atom is 0.166 e. The van der Waals surface area contributed by atoms with E-state index < -0.39 is 5.82 Å². The number of carbonyl (C=O) groups is 1. The number of Topliss-reactive ketones (excluding diaryl/α,β-unsaturated/α-hetero) is 1. The summed E-state index contributed by atoms with van der Waals surface area (Å²) in [6.07, 6.45) is 6.88. The first-order valence-corrected chi connectivity index (χ1v) is 6.64. The molecule has 0 heterocycles. The molecule has 2 nitrogen and oxygen atoms in total. The Labute approximate surface area is 107 Å². The summed E-state index contributed by atoms with van der Waals surface area (Å²) >= 11 is 0. The minimum Gasteiger partial charge on any atom is -0.490 e. The lowest BCUT2D eigenvalue weighted by Gasteiger charge is -2.18. The van der Waals surface area contributed by atoms with Crippen molar-refractivity contribution in [1.82, 2.24) is 0 Å². The van der Waals surface area contributed by atoms with E-state index in [1.807, 2.05) is 0 Å². The van der Waals surface area contributed by atoms with E-state index in [0.29, 0.717) is 5.75 Å². The van der Waals surface area contributed by atoms with Gasteiger partial charge < -0.3 is 4.74 Å². The Morgan fingerprint density at radius 1 is 1.22 bits per heavy atom. The zero-order valence-electron chi connectivity index (χ0n) is 10.7. The monoisotopic (exact) mass is 250 g/mol. The Hall–Kier alpha value is -1.38. The lowest BCUT2D eigenvalue weighted by molar-refractivity contribution is 0.0999. The van der Waals surface area contributed by atoms with Crippen LogP contribution in [0.2, 0.25) is 0 Å². The standard InChI is InChI=1S/C15H19FO2/c1-11(17)15-13(16)9-6-10-14(15)18-12-7-4-2-3-5-8-12/h6,9-10,12H,2-5,7-8H2,1H3. The molecule has 0 atom stereocenters. The van der Waals surface area contributed by atoms with Gasteiger partial charge in [-0.15, -0.1) is 0 Å². The van der Waals surface area contributed by atoms with Gasteiger partial charge in [-0.2, -0.15) is 0 Å². The number of rotatable bonds is 3. The van der Waals surface area contributed by atoms with Crippen LogP contribution in [0.25, 0.3) is 0 Å². The average molecular weight is 250 g/mol. The summed E-state index contributed by atoms with van der Waals surface area (Å²) in [6.45, 7) is 1.37. The van der Waals surface area contributed by atoms with Crippen LogP contribution in [0.5, 0.6) is 5.75 Å². The van der Waals surface area contributed by atoms with Gasteiger partial charge in [-0.25, -0.2) is 4.39 Å². The fourth-order valence-corrected chi connectivity index (χ4v) is 2.48. The first-order chi connectivity index (χ1) is 8.68. The number of hydrogen-bond acceptors (Lipinski definition) is 2. The second kappa shape index (κ2) is 5.98. The average Bonchev–Trinajstić information content (AvgIpc) is 2.57. The molecule has 0 aliphatic heterocycles. The molecule has 3 heteroatoms. The van der Waals surface area contributed by atoms with E-state index in [-0.39, 0.29) is 17.5 Å². The third-order valence-corrected chi connectivity index (χ3v) is 3.42. The van der Waals surface area contributed by atoms with Gasteiger partial charge in [0, 0.05) is 0 Å². The number of ether oxygens (including phenoxy) is 1. The molecule has 1 saturated carbocycles. The minimum atomic E-state index is -0.492. The van der Waals surface area contributed by atoms with Gasteiger partial charge in [0.1, 0.15) is 11.6 Å². The van der Waals surface area contributed by atoms with Crippen LogP contribution >= 0.6 is 0 Å². The fourth-order valence-electron chi connectivity index (χ4n) is 2.48. The first kappa shape index (κ1) is 13.1. The van der Waals surface area contributed by atoms with E-state index in [1.54, 1.807) is 12.1 Å². The molecule has 98 valence electrons. The van der Waals surface area contributed by atoms with Crippen LogP contribution in [0, 0.1) is 5.82 Å². The third kappa shape index (κ3) is 3.09. The van der Waals surface area contributed by atoms with Gasteiger partial charge in [0.15, 0.2) is 5.78 Å². The molecular formula is C15H19FO2. The Kier molecular flexibility index (Phi) is 4.34. The van der Waals surface area contributed by atoms with Gasteiger partial charge in [0.25, 0.3) is 0 Å². The molecule has 0 bridgehead atoms. The van der Waals surface area contributed by atoms with Crippen LogP contribution < -0.4 is 4.74 Å². The zero-order valence-corrected chi connectivity index (χ0v) is 10.7. The maximum atomic E-state index is 13.6. The van der Waals surface area contributed by atoms with E-state index in [4.69, 9.17) is 4.74 Å². The third-order valence-electron chi connectivity index (χ3n) is 3.42. The normalized spacial score (nSPS) is 17.2. The van der Waals surface area contributed by atoms with Gasteiger partial charge >= 0.3 is 0 Å². The number of benzene rings is 1. The summed E-state index contributed by atoms with van der Waals surface area (Å²) < 4.78 is 19.5. The smallest absolute Gasteiger partial charge is 0.166 e. The summed E-state index contributed by atoms with van der Waals surface area (Å²) in [5, 5.41) is 0. The predicted molar refractivity (Wildman–Crippen MR) is 68.5 cm³/mol. The Bertz CT molecular complexity index is 421. The Balaban J connectivity index is 2.17. The molecule has 1 aliphatic carbocycles. The summed E-state index contributed by atoms with van der Waals surface area (Å²) in [4.78, 5) is 11.5. The second-order valence-electron chi connectivity index (χ2n) is 4.90. The maximum absolute atomic E-state index is 13.6. The van der Waals surface area contributed by atoms with E-state index in [1.165, 1.54) is 25.8 Å². The fraction of sp³-hybridized carbons (Fsp3) is 0.533. The molecule has 2 rings (SSSR count). The molecule has 0 unspecified atom stereocenters. The summed E-state index contributed by atoms with van der Waals surface area (Å²) in [6, 6.07) is 4.58. The largest absolute Gasteiger partial charge is 0.490 e. The van der Waals surface area contributed by atoms with Crippen LogP contribution in [0.15, 0.2) is 18.2 Å². The number of hydrogen-bond donors (Lipinski definition) is 0. The molecule has 0 amide bonds. The highest BCUT2D eigenvalue weighted by molar-refractivity contribution is 5.97. The molecule has 1 aromatic rings. The SMILES string of the molecule is CC(=O)c1c(F)cccc1OC1CCCCCC1. The first-order valence-electron chi connectivity index (χ1n) is 6.64. The van der Waals surface area contributed by atoms with Gasteiger partial charge in [0.05, 0.1) is 11.7 Å². The summed E-state index contributed by atoms with van der Waals surface area (Å²) in [5.41, 5.74) is 0.0850. The van der Waals surface area contributed by atoms with E-state index in [0.717, 1.165) is 25.7 Å². The molecule has 0 radical (unpaired) electrons. The van der Waals surface area contributed by atoms with E-state index in [9.17, 15) is 9.18 Å². The van der Waals surface area contributed by atoms with Crippen LogP contribution in [0.3, 0.4) is 0 Å². The molecule has 0 saturated heterocycles. The highest BCUT2D eigenvalue weighted by Gasteiger charge is 2.19. The summed E-state index contributed by atoms with van der Waals surface area (Å²) in [7, 11) is 0. The topological polar surface area (TPSA) is 26.3 Å². The predicted octanol–water partition coefficient (Wildman–Crippen LogP) is 4.13. The molecule has 1 aliphatic rings. The van der Waals surface area contributed by atoms with Crippen LogP contribution in [-0.4, -0.2) is 11.9 Å². The van der Waals surface area contributed by atoms with Crippen LogP contribution in [0.4, 0.5) is 4.39 Å². The van der Waals surface area contributed by atoms with Crippen LogP contribution in [0.1, 0.15) is 55.8 Å². The van der Waals surface area contributed by atoms with E-state index >= 15 is 0 Å². The van der Waals surface area contributed by atoms with Gasteiger partial charge in [0.2, 0.25) is 0 Å². The quantitative estimate of drug-likeness (QED) is 0.595. The van der Waals surface area contributed by atoms with E-state index in [2.05, 4.69) is 0 Å². The highest BCUT2D eigenvalue weighted by atomic mass is 19.1. The van der Waals surface area contributed by atoms with Crippen molar-refractivity contribution in [1.29, 1.82) is 0 Å². The summed E-state index contributed by atoms with van der Waals surface area (Å²) in [5.74, 6) is -0.375. The molecule has 1 fully saturated rings. The number of halogens is 1. The van der Waals surface area contributed by atoms with Crippen molar-refractivity contribution in [3.05, 3.63) is 29.6 Å². The van der Waals surface area contributed by atoms with Gasteiger partial charge in [-0.3, -0.25) is 4.79 Å². The highest BCUT2D eigenvalue weighted by Crippen LogP contribution is 2.27. The minimum absolute atomic E-state index is 0.0850. The Morgan fingerprint density at radius 2 is 1.89 bits per heavy atom. The van der Waals surface area contributed by atoms with Crippen molar-refractivity contribution < 1.29 is 13.9 Å². The number of carbonyl (C=O) groups excluding carboxylic acids is 1. The van der Waals surface area contributed by atoms with Crippen molar-refractivity contribution in [2.45, 2.75) is 51.6 Å². The zero-order chi connectivity index (χ0) is 13.0. The molecular weight excluding hydrogens is 231 g/mol. The lowest BCUT2D eigenvalue weighted by atomic mass is 10.1. The van der Waals surface area contributed by atoms with Crippen molar-refractivity contribution in [3.8, 4) is 5.75 Å². The Morgan fingerprint density at radius 3 is 2.50 bits per heavy atom. The molecule has 0 aromatic heterocycles. The van der Waals surface area contributed by atoms with Gasteiger partial charge in [-0.05, 0) is 44.7 Å². The molecule has 0 N–H and O–H groups in total.